The molecule has 30 heavy (non-hydrogen) atoms. The Hall–Kier alpha value is -3.10. The van der Waals surface area contributed by atoms with E-state index in [0.29, 0.717) is 19.1 Å². The lowest BCUT2D eigenvalue weighted by atomic mass is 10.1. The summed E-state index contributed by atoms with van der Waals surface area (Å²) in [7, 11) is 0. The van der Waals surface area contributed by atoms with Gasteiger partial charge >= 0.3 is 6.09 Å². The number of nitrogens with zero attached hydrogens (tertiary/aromatic N) is 7. The van der Waals surface area contributed by atoms with Crippen LogP contribution in [-0.4, -0.2) is 66.4 Å². The second kappa shape index (κ2) is 6.72. The predicted octanol–water partition coefficient (Wildman–Crippen LogP) is 2.98. The number of hydrogen-bond acceptors (Lipinski definition) is 6. The van der Waals surface area contributed by atoms with Crippen molar-refractivity contribution in [2.75, 3.05) is 24.5 Å². The van der Waals surface area contributed by atoms with E-state index in [-0.39, 0.29) is 12.1 Å². The Bertz CT molecular complexity index is 1090. The van der Waals surface area contributed by atoms with E-state index in [4.69, 9.17) is 9.72 Å². The summed E-state index contributed by atoms with van der Waals surface area (Å²) < 4.78 is 9.37. The molecule has 2 aliphatic heterocycles. The molecule has 0 spiro atoms. The van der Waals surface area contributed by atoms with E-state index in [1.165, 1.54) is 6.42 Å². The average Bonchev–Trinajstić information content (AvgIpc) is 3.26. The van der Waals surface area contributed by atoms with Crippen molar-refractivity contribution in [3.05, 3.63) is 31.0 Å². The predicted molar refractivity (Wildman–Crippen MR) is 112 cm³/mol. The lowest BCUT2D eigenvalue weighted by Crippen LogP contribution is -2.52. The Labute approximate surface area is 175 Å². The quantitative estimate of drug-likeness (QED) is 0.662. The maximum Gasteiger partial charge on any atom is 0.410 e. The summed E-state index contributed by atoms with van der Waals surface area (Å²) >= 11 is 0. The summed E-state index contributed by atoms with van der Waals surface area (Å²) in [4.78, 5) is 25.6. The highest BCUT2D eigenvalue weighted by Gasteiger charge is 2.35. The van der Waals surface area contributed by atoms with Gasteiger partial charge < -0.3 is 18.9 Å². The standard InChI is InChI=1S/C21H27N7O2/c1-14-5-7-27(14)19-18-22-6-8-25(18)13-17(24-19)15-9-23-28(10-15)16-11-26(12-16)20(29)30-21(2,3)4/h6,8-10,13-14,16H,5,7,11-12H2,1-4H3/t14-/m0/s1. The van der Waals surface area contributed by atoms with Crippen molar-refractivity contribution in [1.29, 1.82) is 0 Å². The van der Waals surface area contributed by atoms with Crippen LogP contribution in [0.25, 0.3) is 16.9 Å². The molecule has 5 heterocycles. The number of rotatable bonds is 3. The Morgan fingerprint density at radius 2 is 2.03 bits per heavy atom. The maximum absolute atomic E-state index is 12.2. The van der Waals surface area contributed by atoms with E-state index in [2.05, 4.69) is 21.9 Å². The van der Waals surface area contributed by atoms with Gasteiger partial charge in [-0.3, -0.25) is 4.68 Å². The summed E-state index contributed by atoms with van der Waals surface area (Å²) in [6.45, 7) is 10.0. The van der Waals surface area contributed by atoms with Crippen LogP contribution < -0.4 is 4.90 Å². The lowest BCUT2D eigenvalue weighted by Gasteiger charge is -2.39. The number of carbonyl (C=O) groups excluding carboxylic acids is 1. The maximum atomic E-state index is 12.2. The van der Waals surface area contributed by atoms with Crippen molar-refractivity contribution in [3.8, 4) is 11.3 Å². The molecular formula is C21H27N7O2. The molecule has 3 aromatic rings. The van der Waals surface area contributed by atoms with Crippen LogP contribution in [0.15, 0.2) is 31.0 Å². The van der Waals surface area contributed by atoms with E-state index < -0.39 is 5.60 Å². The molecule has 5 rings (SSSR count). The highest BCUT2D eigenvalue weighted by atomic mass is 16.6. The van der Waals surface area contributed by atoms with Gasteiger partial charge in [0, 0.05) is 56.0 Å². The highest BCUT2D eigenvalue weighted by Crippen LogP contribution is 2.31. The van der Waals surface area contributed by atoms with Gasteiger partial charge in [-0.15, -0.1) is 0 Å². The first-order valence-electron chi connectivity index (χ1n) is 10.4. The van der Waals surface area contributed by atoms with E-state index >= 15 is 0 Å². The van der Waals surface area contributed by atoms with Crippen molar-refractivity contribution in [1.82, 2.24) is 29.0 Å². The number of fused-ring (bicyclic) bond motifs is 1. The monoisotopic (exact) mass is 409 g/mol. The molecule has 2 saturated heterocycles. The SMILES string of the molecule is C[C@H]1CCN1c1nc(-c2cnn(C3CN(C(=O)OC(C)(C)C)C3)c2)cn2ccnc12. The van der Waals surface area contributed by atoms with Gasteiger partial charge in [0.2, 0.25) is 0 Å². The molecule has 0 unspecified atom stereocenters. The molecule has 0 N–H and O–H groups in total. The fraction of sp³-hybridized carbons (Fsp3) is 0.524. The van der Waals surface area contributed by atoms with Gasteiger partial charge in [0.05, 0.1) is 17.9 Å². The summed E-state index contributed by atoms with van der Waals surface area (Å²) in [5.74, 6) is 0.920. The molecule has 1 amide bonds. The van der Waals surface area contributed by atoms with Crippen molar-refractivity contribution in [3.63, 3.8) is 0 Å². The molecule has 2 aliphatic rings. The zero-order valence-electron chi connectivity index (χ0n) is 17.8. The minimum atomic E-state index is -0.482. The normalized spacial score (nSPS) is 19.7. The van der Waals surface area contributed by atoms with Crippen LogP contribution in [0.1, 0.15) is 40.2 Å². The van der Waals surface area contributed by atoms with E-state index in [1.54, 1.807) is 11.1 Å². The molecule has 0 aromatic carbocycles. The molecule has 9 nitrogen and oxygen atoms in total. The fourth-order valence-electron chi connectivity index (χ4n) is 3.85. The van der Waals surface area contributed by atoms with E-state index in [0.717, 1.165) is 29.3 Å². The molecule has 0 saturated carbocycles. The first-order valence-corrected chi connectivity index (χ1v) is 10.4. The average molecular weight is 409 g/mol. The van der Waals surface area contributed by atoms with Crippen molar-refractivity contribution in [2.24, 2.45) is 0 Å². The van der Waals surface area contributed by atoms with Crippen LogP contribution in [0.3, 0.4) is 0 Å². The number of ether oxygens (including phenoxy) is 1. The molecule has 0 bridgehead atoms. The molecule has 9 heteroatoms. The minimum absolute atomic E-state index is 0.151. The summed E-state index contributed by atoms with van der Waals surface area (Å²) in [6.07, 6.45) is 10.5. The van der Waals surface area contributed by atoms with Crippen LogP contribution >= 0.6 is 0 Å². The molecule has 3 aromatic heterocycles. The summed E-state index contributed by atoms with van der Waals surface area (Å²) in [5, 5.41) is 4.53. The van der Waals surface area contributed by atoms with Crippen LogP contribution in [0.4, 0.5) is 10.6 Å². The second-order valence-corrected chi connectivity index (χ2v) is 9.19. The number of carbonyl (C=O) groups is 1. The molecule has 0 aliphatic carbocycles. The minimum Gasteiger partial charge on any atom is -0.444 e. The fourth-order valence-corrected chi connectivity index (χ4v) is 3.85. The molecule has 158 valence electrons. The third-order valence-corrected chi connectivity index (χ3v) is 5.73. The van der Waals surface area contributed by atoms with Crippen LogP contribution in [0.5, 0.6) is 0 Å². The first-order chi connectivity index (χ1) is 14.3. The van der Waals surface area contributed by atoms with Gasteiger partial charge in [-0.2, -0.15) is 5.10 Å². The molecular weight excluding hydrogens is 382 g/mol. The summed E-state index contributed by atoms with van der Waals surface area (Å²) in [5.41, 5.74) is 2.22. The van der Waals surface area contributed by atoms with Crippen molar-refractivity contribution < 1.29 is 9.53 Å². The van der Waals surface area contributed by atoms with Gasteiger partial charge in [0.25, 0.3) is 0 Å². The van der Waals surface area contributed by atoms with Crippen molar-refractivity contribution in [2.45, 2.75) is 51.8 Å². The smallest absolute Gasteiger partial charge is 0.410 e. The van der Waals surface area contributed by atoms with Crippen LogP contribution in [0, 0.1) is 0 Å². The second-order valence-electron chi connectivity index (χ2n) is 9.19. The number of hydrogen-bond donors (Lipinski definition) is 0. The largest absolute Gasteiger partial charge is 0.444 e. The van der Waals surface area contributed by atoms with Crippen molar-refractivity contribution >= 4 is 17.6 Å². The number of anilines is 1. The van der Waals surface area contributed by atoms with Crippen LogP contribution in [0.2, 0.25) is 0 Å². The van der Waals surface area contributed by atoms with Gasteiger partial charge in [0.15, 0.2) is 11.5 Å². The number of likely N-dealkylation sites (tertiary alicyclic amines) is 1. The zero-order valence-corrected chi connectivity index (χ0v) is 17.8. The zero-order chi connectivity index (χ0) is 21.0. The summed E-state index contributed by atoms with van der Waals surface area (Å²) in [6, 6.07) is 0.628. The van der Waals surface area contributed by atoms with E-state index in [9.17, 15) is 4.79 Å². The van der Waals surface area contributed by atoms with Crippen LogP contribution in [-0.2, 0) is 4.74 Å². The van der Waals surface area contributed by atoms with Gasteiger partial charge in [-0.25, -0.2) is 14.8 Å². The Morgan fingerprint density at radius 3 is 2.70 bits per heavy atom. The Morgan fingerprint density at radius 1 is 1.23 bits per heavy atom. The third kappa shape index (κ3) is 3.28. The van der Waals surface area contributed by atoms with Gasteiger partial charge in [0.1, 0.15) is 5.60 Å². The number of aromatic nitrogens is 5. The Kier molecular flexibility index (Phi) is 4.23. The van der Waals surface area contributed by atoms with Gasteiger partial charge in [-0.1, -0.05) is 0 Å². The van der Waals surface area contributed by atoms with Gasteiger partial charge in [-0.05, 0) is 34.1 Å². The third-order valence-electron chi connectivity index (χ3n) is 5.73. The van der Waals surface area contributed by atoms with E-state index in [1.807, 2.05) is 54.6 Å². The lowest BCUT2D eigenvalue weighted by molar-refractivity contribution is -0.000382. The Balaban J connectivity index is 1.34. The number of imidazole rings is 1. The number of amides is 1. The highest BCUT2D eigenvalue weighted by molar-refractivity contribution is 5.71. The molecule has 0 radical (unpaired) electrons. The molecule has 2 fully saturated rings. The molecule has 1 atom stereocenters. The topological polar surface area (TPSA) is 80.8 Å². The first kappa shape index (κ1) is 18.9.